The van der Waals surface area contributed by atoms with Crippen molar-refractivity contribution in [2.75, 3.05) is 0 Å². The number of aryl methyl sites for hydroxylation is 3. The zero-order valence-corrected chi connectivity index (χ0v) is 44.3. The largest absolute Gasteiger partial charge is 0.0949 e. The van der Waals surface area contributed by atoms with Crippen LogP contribution in [-0.2, 0) is 0 Å². The van der Waals surface area contributed by atoms with Crippen molar-refractivity contribution in [3.63, 3.8) is 0 Å². The summed E-state index contributed by atoms with van der Waals surface area (Å²) < 4.78 is 0. The summed E-state index contributed by atoms with van der Waals surface area (Å²) in [6, 6.07) is 69.7. The van der Waals surface area contributed by atoms with Gasteiger partial charge in [-0.05, 0) is 183 Å². The van der Waals surface area contributed by atoms with Crippen LogP contribution in [-0.4, -0.2) is 0 Å². The SMILES string of the molecule is C=C(/C=C(\C)c1cccc(-c2cccc(-c3ccccc3)c2)c1)C(C(=C)c1ccccc1)c1c(-c2ccccc2C)cc(C2C=C3C=CCCC3=CC2)c(-c2ccccc2C)c1C.CCC.Cc1ccccc1. The molecule has 2 atom stereocenters. The predicted octanol–water partition coefficient (Wildman–Crippen LogP) is 20.8. The molecule has 2 aliphatic rings. The fourth-order valence-corrected chi connectivity index (χ4v) is 10.5. The molecule has 0 radical (unpaired) electrons. The molecule has 8 aromatic carbocycles. The molecule has 0 heteroatoms. The van der Waals surface area contributed by atoms with E-state index in [1.54, 1.807) is 0 Å². The lowest BCUT2D eigenvalue weighted by Gasteiger charge is -2.32. The fraction of sp³-hybridized carbons (Fsp3) is 0.178. The average Bonchev–Trinajstić information content (AvgIpc) is 3.43. The van der Waals surface area contributed by atoms with Crippen molar-refractivity contribution >= 4 is 11.1 Å². The molecule has 0 aromatic heterocycles. The summed E-state index contributed by atoms with van der Waals surface area (Å²) in [5.74, 6) is 0.0235. The molecule has 2 aliphatic carbocycles. The lowest BCUT2D eigenvalue weighted by molar-refractivity contribution is 0.811. The normalized spacial score (nSPS) is 14.2. The Hall–Kier alpha value is -7.80. The highest BCUT2D eigenvalue weighted by Crippen LogP contribution is 2.50. The maximum atomic E-state index is 4.98. The van der Waals surface area contributed by atoms with Gasteiger partial charge >= 0.3 is 0 Å². The molecule has 0 aliphatic heterocycles. The smallest absolute Gasteiger partial charge is 0.0343 e. The molecular formula is C73H72. The highest BCUT2D eigenvalue weighted by molar-refractivity contribution is 5.89. The minimum absolute atomic E-state index is 0.211. The third kappa shape index (κ3) is 12.3. The number of hydrogen-bond donors (Lipinski definition) is 0. The highest BCUT2D eigenvalue weighted by atomic mass is 14.3. The van der Waals surface area contributed by atoms with Crippen LogP contribution in [0.1, 0.15) is 103 Å². The monoisotopic (exact) mass is 949 g/mol. The molecule has 73 heavy (non-hydrogen) atoms. The zero-order valence-electron chi connectivity index (χ0n) is 44.3. The summed E-state index contributed by atoms with van der Waals surface area (Å²) in [4.78, 5) is 0. The molecular weight excluding hydrogens is 877 g/mol. The Labute approximate surface area is 438 Å². The third-order valence-corrected chi connectivity index (χ3v) is 14.3. The molecule has 0 saturated carbocycles. The number of benzene rings is 8. The van der Waals surface area contributed by atoms with Crippen molar-refractivity contribution in [2.24, 2.45) is 0 Å². The van der Waals surface area contributed by atoms with Crippen molar-refractivity contribution in [1.29, 1.82) is 0 Å². The molecule has 0 N–H and O–H groups in total. The van der Waals surface area contributed by atoms with Gasteiger partial charge in [-0.1, -0.05) is 245 Å². The molecule has 0 amide bonds. The summed E-state index contributed by atoms with van der Waals surface area (Å²) in [7, 11) is 0. The van der Waals surface area contributed by atoms with Crippen LogP contribution in [0.4, 0.5) is 0 Å². The fourth-order valence-electron chi connectivity index (χ4n) is 10.5. The topological polar surface area (TPSA) is 0 Å². The van der Waals surface area contributed by atoms with Gasteiger partial charge in [0.05, 0.1) is 0 Å². The summed E-state index contributed by atoms with van der Waals surface area (Å²) in [6.45, 7) is 25.4. The van der Waals surface area contributed by atoms with E-state index >= 15 is 0 Å². The van der Waals surface area contributed by atoms with E-state index in [2.05, 4.69) is 255 Å². The Kier molecular flexibility index (Phi) is 17.3. The molecule has 0 saturated heterocycles. The molecule has 0 spiro atoms. The lowest BCUT2D eigenvalue weighted by atomic mass is 9.71. The van der Waals surface area contributed by atoms with Gasteiger partial charge in [-0.15, -0.1) is 0 Å². The average molecular weight is 949 g/mol. The Morgan fingerprint density at radius 2 is 1.11 bits per heavy atom. The quantitative estimate of drug-likeness (QED) is 0.113. The maximum Gasteiger partial charge on any atom is 0.0343 e. The Morgan fingerprint density at radius 3 is 1.74 bits per heavy atom. The van der Waals surface area contributed by atoms with Crippen LogP contribution < -0.4 is 0 Å². The number of rotatable bonds is 11. The number of allylic oxidation sites excluding steroid dienone is 10. The summed E-state index contributed by atoms with van der Waals surface area (Å²) >= 11 is 0. The molecule has 0 heterocycles. The molecule has 10 rings (SSSR count). The Bertz CT molecular complexity index is 3310. The van der Waals surface area contributed by atoms with Crippen molar-refractivity contribution in [1.82, 2.24) is 0 Å². The second kappa shape index (κ2) is 24.6. The van der Waals surface area contributed by atoms with Gasteiger partial charge in [0, 0.05) is 11.8 Å². The van der Waals surface area contributed by atoms with Gasteiger partial charge in [-0.3, -0.25) is 0 Å². The van der Waals surface area contributed by atoms with Crippen LogP contribution in [0.15, 0.2) is 254 Å². The van der Waals surface area contributed by atoms with Gasteiger partial charge in [0.1, 0.15) is 0 Å². The second-order valence-corrected chi connectivity index (χ2v) is 19.8. The summed E-state index contributed by atoms with van der Waals surface area (Å²) in [5.41, 5.74) is 26.0. The second-order valence-electron chi connectivity index (χ2n) is 19.8. The Morgan fingerprint density at radius 1 is 0.575 bits per heavy atom. The first-order chi connectivity index (χ1) is 35.6. The summed E-state index contributed by atoms with van der Waals surface area (Å²) in [6.07, 6.45) is 16.5. The van der Waals surface area contributed by atoms with E-state index in [0.717, 1.165) is 41.5 Å². The third-order valence-electron chi connectivity index (χ3n) is 14.3. The standard InChI is InChI=1S/C63H56.C7H8.C3H8/c1-42-21-13-17-33-57(42)60-41-59(56-36-35-50-27-15-16-28-52(50)40-56)62(58-34-18-14-22-43(58)2)47(6)63(60)61(46(5)48-23-9-7-10-24-48)45(4)37-44(3)51-29-19-31-54(38-51)55-32-20-30-53(39-55)49-25-11-8-12-26-49;1-7-5-3-2-4-6-7;1-3-2/h7-14,16-26,28-35,37-41,56,61H,4-5,15,27,36H2,1-3,6H3;2-6H,1H3;3H2,1-2H3/b44-37+;;. The van der Waals surface area contributed by atoms with Gasteiger partial charge < -0.3 is 0 Å². The first-order valence-corrected chi connectivity index (χ1v) is 26.3. The van der Waals surface area contributed by atoms with E-state index in [1.165, 1.54) is 101 Å². The number of fused-ring (bicyclic) bond motifs is 1. The molecule has 0 nitrogen and oxygen atoms in total. The highest BCUT2D eigenvalue weighted by Gasteiger charge is 2.31. The van der Waals surface area contributed by atoms with Crippen LogP contribution >= 0.6 is 0 Å². The molecule has 8 aromatic rings. The van der Waals surface area contributed by atoms with E-state index in [1.807, 2.05) is 18.2 Å². The molecule has 364 valence electrons. The van der Waals surface area contributed by atoms with Crippen LogP contribution in [0.25, 0.3) is 55.7 Å². The molecule has 0 fully saturated rings. The first kappa shape index (κ1) is 51.6. The van der Waals surface area contributed by atoms with E-state index in [4.69, 9.17) is 13.2 Å². The zero-order chi connectivity index (χ0) is 51.3. The molecule has 0 bridgehead atoms. The van der Waals surface area contributed by atoms with Gasteiger partial charge in [0.25, 0.3) is 0 Å². The van der Waals surface area contributed by atoms with Gasteiger partial charge in [-0.2, -0.15) is 0 Å². The van der Waals surface area contributed by atoms with E-state index in [9.17, 15) is 0 Å². The van der Waals surface area contributed by atoms with Crippen molar-refractivity contribution < 1.29 is 0 Å². The Balaban J connectivity index is 0.000000643. The lowest BCUT2D eigenvalue weighted by Crippen LogP contribution is -2.13. The predicted molar refractivity (Wildman–Crippen MR) is 319 cm³/mol. The maximum absolute atomic E-state index is 4.98. The minimum Gasteiger partial charge on any atom is -0.0949 e. The minimum atomic E-state index is -0.211. The van der Waals surface area contributed by atoms with E-state index in [-0.39, 0.29) is 11.8 Å². The van der Waals surface area contributed by atoms with Gasteiger partial charge in [0.2, 0.25) is 0 Å². The van der Waals surface area contributed by atoms with Gasteiger partial charge in [-0.25, -0.2) is 0 Å². The summed E-state index contributed by atoms with van der Waals surface area (Å²) in [5, 5.41) is 0. The van der Waals surface area contributed by atoms with Crippen LogP contribution in [0, 0.1) is 27.7 Å². The first-order valence-electron chi connectivity index (χ1n) is 26.3. The van der Waals surface area contributed by atoms with Crippen molar-refractivity contribution in [2.45, 2.75) is 86.0 Å². The van der Waals surface area contributed by atoms with E-state index < -0.39 is 0 Å². The van der Waals surface area contributed by atoms with Crippen LogP contribution in [0.3, 0.4) is 0 Å². The number of hydrogen-bond acceptors (Lipinski definition) is 0. The van der Waals surface area contributed by atoms with E-state index in [0.29, 0.717) is 0 Å². The van der Waals surface area contributed by atoms with Crippen molar-refractivity contribution in [3.8, 4) is 44.5 Å². The van der Waals surface area contributed by atoms with Crippen molar-refractivity contribution in [3.05, 3.63) is 299 Å². The van der Waals surface area contributed by atoms with Crippen LogP contribution in [0.2, 0.25) is 0 Å². The van der Waals surface area contributed by atoms with Gasteiger partial charge in [0.15, 0.2) is 0 Å². The van der Waals surface area contributed by atoms with Crippen LogP contribution in [0.5, 0.6) is 0 Å². The molecule has 2 unspecified atom stereocenters.